The minimum Gasteiger partial charge on any atom is -0.383 e. The standard InChI is InChI=1S/C9H13ClN2O2S/c1-14-5-7(11)9(13)12-4-6-2-3-8(10)15-6/h2-3,7H,4-5,11H2,1H3,(H,12,13). The highest BCUT2D eigenvalue weighted by molar-refractivity contribution is 7.16. The molecule has 1 atom stereocenters. The number of methoxy groups -OCH3 is 1. The van der Waals surface area contributed by atoms with E-state index in [0.717, 1.165) is 4.88 Å². The molecule has 6 heteroatoms. The molecule has 0 bridgehead atoms. The number of hydrogen-bond acceptors (Lipinski definition) is 4. The molecule has 1 aromatic heterocycles. The number of rotatable bonds is 5. The molecule has 0 aliphatic carbocycles. The zero-order valence-electron chi connectivity index (χ0n) is 8.33. The summed E-state index contributed by atoms with van der Waals surface area (Å²) < 4.78 is 5.49. The van der Waals surface area contributed by atoms with Crippen molar-refractivity contribution in [1.82, 2.24) is 5.32 Å². The Hall–Kier alpha value is -0.620. The van der Waals surface area contributed by atoms with Crippen molar-refractivity contribution in [3.63, 3.8) is 0 Å². The van der Waals surface area contributed by atoms with E-state index in [1.807, 2.05) is 6.07 Å². The molecule has 0 aliphatic rings. The molecular formula is C9H13ClN2O2S. The first-order valence-corrected chi connectivity index (χ1v) is 5.59. The molecule has 0 aliphatic heterocycles. The molecule has 0 aromatic carbocycles. The SMILES string of the molecule is COCC(N)C(=O)NCc1ccc(Cl)s1. The first-order valence-electron chi connectivity index (χ1n) is 4.40. The molecule has 3 N–H and O–H groups in total. The van der Waals surface area contributed by atoms with E-state index in [-0.39, 0.29) is 12.5 Å². The average molecular weight is 249 g/mol. The fourth-order valence-electron chi connectivity index (χ4n) is 1.01. The lowest BCUT2D eigenvalue weighted by atomic mass is 10.3. The number of hydrogen-bond donors (Lipinski definition) is 2. The van der Waals surface area contributed by atoms with Crippen LogP contribution in [0.2, 0.25) is 4.34 Å². The van der Waals surface area contributed by atoms with Crippen LogP contribution in [-0.2, 0) is 16.1 Å². The van der Waals surface area contributed by atoms with Gasteiger partial charge in [0.25, 0.3) is 0 Å². The van der Waals surface area contributed by atoms with Gasteiger partial charge in [0.2, 0.25) is 5.91 Å². The molecule has 1 heterocycles. The molecule has 0 fully saturated rings. The monoisotopic (exact) mass is 248 g/mol. The number of nitrogens with one attached hydrogen (secondary N) is 1. The number of ether oxygens (including phenoxy) is 1. The molecule has 4 nitrogen and oxygen atoms in total. The first kappa shape index (κ1) is 12.4. The van der Waals surface area contributed by atoms with Gasteiger partial charge in [-0.25, -0.2) is 0 Å². The van der Waals surface area contributed by atoms with Crippen LogP contribution in [-0.4, -0.2) is 25.7 Å². The number of nitrogens with two attached hydrogens (primary N) is 1. The number of halogens is 1. The van der Waals surface area contributed by atoms with Crippen molar-refractivity contribution in [2.24, 2.45) is 5.73 Å². The molecule has 1 amide bonds. The summed E-state index contributed by atoms with van der Waals surface area (Å²) in [5, 5.41) is 2.70. The topological polar surface area (TPSA) is 64.3 Å². The van der Waals surface area contributed by atoms with Crippen LogP contribution in [0, 0.1) is 0 Å². The van der Waals surface area contributed by atoms with Gasteiger partial charge in [0.05, 0.1) is 17.5 Å². The van der Waals surface area contributed by atoms with Gasteiger partial charge in [-0.05, 0) is 12.1 Å². The normalized spacial score (nSPS) is 12.5. The van der Waals surface area contributed by atoms with Crippen LogP contribution in [0.4, 0.5) is 0 Å². The highest BCUT2D eigenvalue weighted by Crippen LogP contribution is 2.20. The molecule has 1 rings (SSSR count). The van der Waals surface area contributed by atoms with Crippen LogP contribution >= 0.6 is 22.9 Å². The summed E-state index contributed by atoms with van der Waals surface area (Å²) in [6, 6.07) is 3.04. The van der Waals surface area contributed by atoms with E-state index >= 15 is 0 Å². The summed E-state index contributed by atoms with van der Waals surface area (Å²) in [5.41, 5.74) is 5.54. The van der Waals surface area contributed by atoms with E-state index in [0.29, 0.717) is 10.9 Å². The van der Waals surface area contributed by atoms with Gasteiger partial charge < -0.3 is 15.8 Å². The van der Waals surface area contributed by atoms with Crippen molar-refractivity contribution in [2.75, 3.05) is 13.7 Å². The number of amides is 1. The van der Waals surface area contributed by atoms with E-state index < -0.39 is 6.04 Å². The highest BCUT2D eigenvalue weighted by atomic mass is 35.5. The Morgan fingerprint density at radius 2 is 2.47 bits per heavy atom. The smallest absolute Gasteiger partial charge is 0.239 e. The van der Waals surface area contributed by atoms with Crippen molar-refractivity contribution in [1.29, 1.82) is 0 Å². The summed E-state index contributed by atoms with van der Waals surface area (Å²) in [6.07, 6.45) is 0. The zero-order valence-corrected chi connectivity index (χ0v) is 9.90. The third-order valence-electron chi connectivity index (χ3n) is 1.75. The van der Waals surface area contributed by atoms with E-state index in [2.05, 4.69) is 5.32 Å². The van der Waals surface area contributed by atoms with Gasteiger partial charge >= 0.3 is 0 Å². The van der Waals surface area contributed by atoms with Gasteiger partial charge in [-0.1, -0.05) is 11.6 Å². The maximum Gasteiger partial charge on any atom is 0.239 e. The summed E-state index contributed by atoms with van der Waals surface area (Å²) >= 11 is 7.18. The second-order valence-corrected chi connectivity index (χ2v) is 4.79. The zero-order chi connectivity index (χ0) is 11.3. The average Bonchev–Trinajstić information content (AvgIpc) is 2.61. The molecular weight excluding hydrogens is 236 g/mol. The second kappa shape index (κ2) is 6.07. The van der Waals surface area contributed by atoms with Gasteiger partial charge in [0, 0.05) is 12.0 Å². The Morgan fingerprint density at radius 1 is 1.73 bits per heavy atom. The molecule has 0 saturated heterocycles. The Kier molecular flexibility index (Phi) is 5.04. The lowest BCUT2D eigenvalue weighted by Gasteiger charge is -2.10. The van der Waals surface area contributed by atoms with Crippen molar-refractivity contribution >= 4 is 28.8 Å². The van der Waals surface area contributed by atoms with Crippen LogP contribution in [0.1, 0.15) is 4.88 Å². The summed E-state index contributed by atoms with van der Waals surface area (Å²) in [5.74, 6) is -0.221. The van der Waals surface area contributed by atoms with Crippen molar-refractivity contribution < 1.29 is 9.53 Å². The van der Waals surface area contributed by atoms with Crippen LogP contribution in [0.5, 0.6) is 0 Å². The third-order valence-corrected chi connectivity index (χ3v) is 2.98. The molecule has 0 spiro atoms. The summed E-state index contributed by atoms with van der Waals surface area (Å²) in [4.78, 5) is 12.4. The Balaban J connectivity index is 2.34. The highest BCUT2D eigenvalue weighted by Gasteiger charge is 2.12. The third kappa shape index (κ3) is 4.17. The molecule has 15 heavy (non-hydrogen) atoms. The number of thiophene rings is 1. The predicted molar refractivity (Wildman–Crippen MR) is 61.0 cm³/mol. The Morgan fingerprint density at radius 3 is 3.00 bits per heavy atom. The number of carbonyl (C=O) groups excluding carboxylic acids is 1. The largest absolute Gasteiger partial charge is 0.383 e. The first-order chi connectivity index (χ1) is 7.13. The lowest BCUT2D eigenvalue weighted by molar-refractivity contribution is -0.123. The van der Waals surface area contributed by atoms with Gasteiger partial charge in [-0.15, -0.1) is 11.3 Å². The van der Waals surface area contributed by atoms with Crippen LogP contribution in [0.25, 0.3) is 0 Å². The minimum absolute atomic E-state index is 0.219. The fraction of sp³-hybridized carbons (Fsp3) is 0.444. The van der Waals surface area contributed by atoms with Gasteiger partial charge in [-0.3, -0.25) is 4.79 Å². The van der Waals surface area contributed by atoms with Gasteiger partial charge in [0.1, 0.15) is 6.04 Å². The summed E-state index contributed by atoms with van der Waals surface area (Å²) in [6.45, 7) is 0.671. The predicted octanol–water partition coefficient (Wildman–Crippen LogP) is 0.991. The fourth-order valence-corrected chi connectivity index (χ4v) is 2.03. The van der Waals surface area contributed by atoms with Crippen LogP contribution in [0.15, 0.2) is 12.1 Å². The van der Waals surface area contributed by atoms with E-state index in [4.69, 9.17) is 22.1 Å². The van der Waals surface area contributed by atoms with Gasteiger partial charge in [-0.2, -0.15) is 0 Å². The van der Waals surface area contributed by atoms with Crippen LogP contribution < -0.4 is 11.1 Å². The molecule has 0 saturated carbocycles. The maximum absolute atomic E-state index is 11.4. The second-order valence-electron chi connectivity index (χ2n) is 2.99. The molecule has 1 unspecified atom stereocenters. The van der Waals surface area contributed by atoms with Crippen molar-refractivity contribution in [2.45, 2.75) is 12.6 Å². The Labute approximate surface area is 97.4 Å². The van der Waals surface area contributed by atoms with Crippen LogP contribution in [0.3, 0.4) is 0 Å². The number of carbonyl (C=O) groups is 1. The van der Waals surface area contributed by atoms with E-state index in [1.165, 1.54) is 18.4 Å². The minimum atomic E-state index is -0.620. The molecule has 1 aromatic rings. The molecule has 0 radical (unpaired) electrons. The molecule has 84 valence electrons. The Bertz CT molecular complexity index is 330. The lowest BCUT2D eigenvalue weighted by Crippen LogP contribution is -2.43. The van der Waals surface area contributed by atoms with Crippen molar-refractivity contribution in [3.8, 4) is 0 Å². The van der Waals surface area contributed by atoms with E-state index in [1.54, 1.807) is 6.07 Å². The van der Waals surface area contributed by atoms with Crippen molar-refractivity contribution in [3.05, 3.63) is 21.3 Å². The van der Waals surface area contributed by atoms with Gasteiger partial charge in [0.15, 0.2) is 0 Å². The van der Waals surface area contributed by atoms with E-state index in [9.17, 15) is 4.79 Å². The maximum atomic E-state index is 11.4. The quantitative estimate of drug-likeness (QED) is 0.817. The summed E-state index contributed by atoms with van der Waals surface area (Å²) in [7, 11) is 1.51.